The van der Waals surface area contributed by atoms with Gasteiger partial charge in [0.05, 0.1) is 5.69 Å². The Bertz CT molecular complexity index is 1070. The Morgan fingerprint density at radius 2 is 1.57 bits per heavy atom. The summed E-state index contributed by atoms with van der Waals surface area (Å²) >= 11 is 0. The molecular weight excluding hydrogens is 382 g/mol. The number of nitrogens with one attached hydrogen (secondary N) is 4. The van der Waals surface area contributed by atoms with Gasteiger partial charge in [0.15, 0.2) is 0 Å². The number of hydrazine groups is 1. The summed E-state index contributed by atoms with van der Waals surface area (Å²) in [6.45, 7) is 5.40. The highest BCUT2D eigenvalue weighted by atomic mass is 16.2. The van der Waals surface area contributed by atoms with E-state index >= 15 is 0 Å². The van der Waals surface area contributed by atoms with E-state index < -0.39 is 17.2 Å². The van der Waals surface area contributed by atoms with Crippen LogP contribution in [0.2, 0.25) is 0 Å². The fourth-order valence-electron chi connectivity index (χ4n) is 2.50. The molecule has 0 aliphatic heterocycles. The van der Waals surface area contributed by atoms with Crippen LogP contribution in [0.3, 0.4) is 0 Å². The molecule has 0 bridgehead atoms. The van der Waals surface area contributed by atoms with Crippen molar-refractivity contribution in [3.05, 3.63) is 71.9 Å². The third-order valence-electron chi connectivity index (χ3n) is 4.25. The van der Waals surface area contributed by atoms with Gasteiger partial charge in [-0.05, 0) is 24.3 Å². The number of amides is 3. The Morgan fingerprint density at radius 1 is 0.867 bits per heavy atom. The van der Waals surface area contributed by atoms with E-state index in [4.69, 9.17) is 0 Å². The minimum atomic E-state index is -0.561. The van der Waals surface area contributed by atoms with Gasteiger partial charge in [-0.1, -0.05) is 57.2 Å². The third kappa shape index (κ3) is 5.11. The van der Waals surface area contributed by atoms with Crippen molar-refractivity contribution in [2.75, 3.05) is 5.32 Å². The zero-order valence-corrected chi connectivity index (χ0v) is 16.9. The summed E-state index contributed by atoms with van der Waals surface area (Å²) in [7, 11) is 0. The molecule has 2 aromatic carbocycles. The predicted molar refractivity (Wildman–Crippen MR) is 113 cm³/mol. The van der Waals surface area contributed by atoms with Crippen LogP contribution in [0.15, 0.2) is 60.7 Å². The van der Waals surface area contributed by atoms with Crippen molar-refractivity contribution in [3.63, 3.8) is 0 Å². The molecule has 0 spiro atoms. The largest absolute Gasteiger partial charge is 0.326 e. The average molecular weight is 405 g/mol. The summed E-state index contributed by atoms with van der Waals surface area (Å²) in [5.74, 6) is -1.21. The summed E-state index contributed by atoms with van der Waals surface area (Å²) in [5, 5.41) is 9.53. The molecular formula is C22H23N5O3. The average Bonchev–Trinajstić information content (AvgIpc) is 3.22. The molecule has 0 fully saturated rings. The number of rotatable bonds is 4. The van der Waals surface area contributed by atoms with Crippen LogP contribution < -0.4 is 16.2 Å². The molecule has 0 aliphatic carbocycles. The second-order valence-electron chi connectivity index (χ2n) is 7.73. The first kappa shape index (κ1) is 20.8. The summed E-state index contributed by atoms with van der Waals surface area (Å²) < 4.78 is 0. The van der Waals surface area contributed by atoms with Gasteiger partial charge in [-0.25, -0.2) is 0 Å². The van der Waals surface area contributed by atoms with Crippen LogP contribution in [0, 0.1) is 5.41 Å². The van der Waals surface area contributed by atoms with Gasteiger partial charge >= 0.3 is 0 Å². The van der Waals surface area contributed by atoms with Gasteiger partial charge < -0.3 is 5.32 Å². The van der Waals surface area contributed by atoms with Gasteiger partial charge in [-0.3, -0.25) is 30.3 Å². The van der Waals surface area contributed by atoms with E-state index in [9.17, 15) is 14.4 Å². The lowest BCUT2D eigenvalue weighted by molar-refractivity contribution is -0.123. The monoisotopic (exact) mass is 405 g/mol. The molecule has 30 heavy (non-hydrogen) atoms. The van der Waals surface area contributed by atoms with Crippen molar-refractivity contribution in [3.8, 4) is 11.3 Å². The van der Waals surface area contributed by atoms with Crippen LogP contribution >= 0.6 is 0 Å². The highest BCUT2D eigenvalue weighted by molar-refractivity contribution is 6.00. The molecule has 3 aromatic rings. The standard InChI is InChI=1S/C22H23N5O3/c1-22(2,3)21(30)23-16-11-7-10-15(12-16)19(28)26-27-20(29)18-13-17(24-25-18)14-8-5-4-6-9-14/h4-13H,1-3H3,(H,23,30)(H,24,25)(H,26,28)(H,27,29). The predicted octanol–water partition coefficient (Wildman–Crippen LogP) is 3.14. The maximum Gasteiger partial charge on any atom is 0.287 e. The van der Waals surface area contributed by atoms with Crippen LogP contribution in [-0.4, -0.2) is 27.9 Å². The smallest absolute Gasteiger partial charge is 0.287 e. The Morgan fingerprint density at radius 3 is 2.27 bits per heavy atom. The van der Waals surface area contributed by atoms with Crippen molar-refractivity contribution < 1.29 is 14.4 Å². The number of carbonyl (C=O) groups is 3. The molecule has 3 amide bonds. The topological polar surface area (TPSA) is 116 Å². The molecule has 4 N–H and O–H groups in total. The van der Waals surface area contributed by atoms with Gasteiger partial charge in [-0.15, -0.1) is 0 Å². The maximum atomic E-state index is 12.4. The number of anilines is 1. The number of nitrogens with zero attached hydrogens (tertiary/aromatic N) is 1. The van der Waals surface area contributed by atoms with Gasteiger partial charge in [-0.2, -0.15) is 5.10 Å². The van der Waals surface area contributed by atoms with Crippen LogP contribution in [0.5, 0.6) is 0 Å². The first-order valence-electron chi connectivity index (χ1n) is 9.37. The Kier molecular flexibility index (Phi) is 5.96. The van der Waals surface area contributed by atoms with Crippen molar-refractivity contribution in [1.29, 1.82) is 0 Å². The number of benzene rings is 2. The van der Waals surface area contributed by atoms with Crippen LogP contribution in [0.1, 0.15) is 41.6 Å². The van der Waals surface area contributed by atoms with E-state index in [-0.39, 0.29) is 17.2 Å². The summed E-state index contributed by atoms with van der Waals surface area (Å²) in [5.41, 5.74) is 6.63. The van der Waals surface area contributed by atoms with E-state index in [0.29, 0.717) is 11.4 Å². The Hall–Kier alpha value is -3.94. The fraction of sp³-hybridized carbons (Fsp3) is 0.182. The van der Waals surface area contributed by atoms with E-state index in [1.165, 1.54) is 6.07 Å². The quantitative estimate of drug-likeness (QED) is 0.499. The minimum absolute atomic E-state index is 0.165. The molecule has 0 unspecified atom stereocenters. The van der Waals surface area contributed by atoms with Crippen LogP contribution in [0.25, 0.3) is 11.3 Å². The van der Waals surface area contributed by atoms with E-state index in [1.54, 1.807) is 45.0 Å². The summed E-state index contributed by atoms with van der Waals surface area (Å²) in [4.78, 5) is 36.8. The number of aromatic amines is 1. The molecule has 1 heterocycles. The molecule has 8 nitrogen and oxygen atoms in total. The van der Waals surface area contributed by atoms with Gasteiger partial charge in [0.2, 0.25) is 5.91 Å². The molecule has 154 valence electrons. The Balaban J connectivity index is 1.60. The summed E-state index contributed by atoms with van der Waals surface area (Å²) in [6.07, 6.45) is 0. The van der Waals surface area contributed by atoms with E-state index in [0.717, 1.165) is 5.56 Å². The highest BCUT2D eigenvalue weighted by Crippen LogP contribution is 2.18. The number of aromatic nitrogens is 2. The molecule has 0 saturated heterocycles. The van der Waals surface area contributed by atoms with Crippen molar-refractivity contribution in [2.45, 2.75) is 20.8 Å². The third-order valence-corrected chi connectivity index (χ3v) is 4.25. The van der Waals surface area contributed by atoms with E-state index in [2.05, 4.69) is 26.4 Å². The molecule has 8 heteroatoms. The van der Waals surface area contributed by atoms with Crippen LogP contribution in [0.4, 0.5) is 5.69 Å². The van der Waals surface area contributed by atoms with Crippen molar-refractivity contribution in [1.82, 2.24) is 21.0 Å². The lowest BCUT2D eigenvalue weighted by atomic mass is 9.95. The van der Waals surface area contributed by atoms with Crippen molar-refractivity contribution in [2.24, 2.45) is 5.41 Å². The first-order chi connectivity index (χ1) is 14.2. The van der Waals surface area contributed by atoms with E-state index in [1.807, 2.05) is 30.3 Å². The summed E-state index contributed by atoms with van der Waals surface area (Å²) in [6, 6.07) is 17.5. The Labute approximate surface area is 174 Å². The molecule has 0 aliphatic rings. The van der Waals surface area contributed by atoms with Gasteiger partial charge in [0.25, 0.3) is 11.8 Å². The maximum absolute atomic E-state index is 12.4. The van der Waals surface area contributed by atoms with Gasteiger partial charge in [0.1, 0.15) is 5.69 Å². The molecule has 0 saturated carbocycles. The second-order valence-corrected chi connectivity index (χ2v) is 7.73. The molecule has 0 radical (unpaired) electrons. The SMILES string of the molecule is CC(C)(C)C(=O)Nc1cccc(C(=O)NNC(=O)c2cc(-c3ccccc3)n[nH]2)c1. The van der Waals surface area contributed by atoms with Gasteiger partial charge in [0, 0.05) is 22.2 Å². The van der Waals surface area contributed by atoms with Crippen molar-refractivity contribution >= 4 is 23.4 Å². The number of hydrogen-bond donors (Lipinski definition) is 4. The van der Waals surface area contributed by atoms with Crippen LogP contribution in [-0.2, 0) is 4.79 Å². The fourth-order valence-corrected chi connectivity index (χ4v) is 2.50. The molecule has 1 aromatic heterocycles. The highest BCUT2D eigenvalue weighted by Gasteiger charge is 2.21. The lowest BCUT2D eigenvalue weighted by Crippen LogP contribution is -2.41. The number of H-pyrrole nitrogens is 1. The number of carbonyl (C=O) groups excluding carboxylic acids is 3. The number of hydrogen-bond acceptors (Lipinski definition) is 4. The lowest BCUT2D eigenvalue weighted by Gasteiger charge is -2.18. The zero-order valence-electron chi connectivity index (χ0n) is 16.9. The molecule has 0 atom stereocenters. The minimum Gasteiger partial charge on any atom is -0.326 e. The second kappa shape index (κ2) is 8.60. The first-order valence-corrected chi connectivity index (χ1v) is 9.37. The normalized spacial score (nSPS) is 10.9. The molecule has 3 rings (SSSR count). The zero-order chi connectivity index (χ0) is 21.7.